The molecular weight excluding hydrogens is 324 g/mol. The predicted octanol–water partition coefficient (Wildman–Crippen LogP) is 2.91. The molecule has 0 radical (unpaired) electrons. The third kappa shape index (κ3) is 2.90. The molecule has 110 valence electrons. The van der Waals surface area contributed by atoms with Crippen molar-refractivity contribution in [2.45, 2.75) is 25.0 Å². The van der Waals surface area contributed by atoms with Crippen molar-refractivity contribution in [2.24, 2.45) is 5.92 Å². The lowest BCUT2D eigenvalue weighted by Crippen LogP contribution is -2.45. The molecule has 0 amide bonds. The van der Waals surface area contributed by atoms with E-state index in [0.29, 0.717) is 17.5 Å². The van der Waals surface area contributed by atoms with Crippen LogP contribution in [0.2, 0.25) is 0 Å². The van der Waals surface area contributed by atoms with Crippen molar-refractivity contribution >= 4 is 21.9 Å². The van der Waals surface area contributed by atoms with Gasteiger partial charge in [-0.25, -0.2) is 4.79 Å². The highest BCUT2D eigenvalue weighted by atomic mass is 79.9. The molecule has 0 aliphatic carbocycles. The fourth-order valence-corrected chi connectivity index (χ4v) is 3.51. The Morgan fingerprint density at radius 3 is 2.80 bits per heavy atom. The third-order valence-corrected chi connectivity index (χ3v) is 4.50. The van der Waals surface area contributed by atoms with E-state index in [4.69, 9.17) is 9.47 Å². The van der Waals surface area contributed by atoms with Crippen LogP contribution in [-0.4, -0.2) is 42.3 Å². The van der Waals surface area contributed by atoms with Gasteiger partial charge in [-0.2, -0.15) is 0 Å². The van der Waals surface area contributed by atoms with Crippen molar-refractivity contribution < 1.29 is 19.4 Å². The second-order valence-corrected chi connectivity index (χ2v) is 5.77. The number of benzene rings is 1. The zero-order chi connectivity index (χ0) is 14.7. The van der Waals surface area contributed by atoms with Gasteiger partial charge in [0.05, 0.1) is 24.4 Å². The second-order valence-electron chi connectivity index (χ2n) is 5.12. The van der Waals surface area contributed by atoms with Crippen molar-refractivity contribution in [1.29, 1.82) is 0 Å². The Kier molecular flexibility index (Phi) is 5.18. The van der Waals surface area contributed by atoms with Gasteiger partial charge in [0.2, 0.25) is 0 Å². The Morgan fingerprint density at radius 1 is 1.50 bits per heavy atom. The Labute approximate surface area is 127 Å². The number of ether oxygens (including phenoxy) is 2. The molecule has 1 fully saturated rings. The first-order chi connectivity index (χ1) is 9.60. The number of hydrogen-bond acceptors (Lipinski definition) is 3. The lowest BCUT2D eigenvalue weighted by Gasteiger charge is -2.41. The van der Waals surface area contributed by atoms with Gasteiger partial charge in [0.1, 0.15) is 0 Å². The van der Waals surface area contributed by atoms with Crippen LogP contribution in [0.25, 0.3) is 0 Å². The Balaban J connectivity index is 2.47. The normalized spacial score (nSPS) is 30.1. The maximum absolute atomic E-state index is 11.4. The highest BCUT2D eigenvalue weighted by Crippen LogP contribution is 2.38. The molecule has 0 spiro atoms. The van der Waals surface area contributed by atoms with E-state index in [1.807, 2.05) is 12.1 Å². The molecule has 1 heterocycles. The number of rotatable bonds is 4. The summed E-state index contributed by atoms with van der Waals surface area (Å²) >= 11 is 3.46. The minimum absolute atomic E-state index is 0.0493. The number of halogens is 1. The van der Waals surface area contributed by atoms with Crippen LogP contribution < -0.4 is 0 Å². The molecule has 4 nitrogen and oxygen atoms in total. The summed E-state index contributed by atoms with van der Waals surface area (Å²) in [6.45, 7) is 2.69. The van der Waals surface area contributed by atoms with Crippen LogP contribution in [0.5, 0.6) is 0 Å². The zero-order valence-corrected chi connectivity index (χ0v) is 13.2. The van der Waals surface area contributed by atoms with E-state index >= 15 is 0 Å². The molecule has 1 N–H and O–H groups in total. The molecule has 0 aromatic heterocycles. The molecule has 5 heteroatoms. The van der Waals surface area contributed by atoms with Gasteiger partial charge >= 0.3 is 5.97 Å². The predicted molar refractivity (Wildman–Crippen MR) is 79.6 cm³/mol. The van der Waals surface area contributed by atoms with E-state index in [9.17, 15) is 9.90 Å². The Morgan fingerprint density at radius 2 is 2.20 bits per heavy atom. The minimum atomic E-state index is -0.915. The standard InChI is InChI=1S/C15H19BrO4/c1-9-8-20-12(7-16)13(14(9)19-2)10-5-3-4-6-11(10)15(17)18/h3-6,9,12-14H,7-8H2,1-2H3,(H,17,18)/t9-,12-,13-,14-/m0/s1. The first-order valence-electron chi connectivity index (χ1n) is 6.62. The van der Waals surface area contributed by atoms with Crippen LogP contribution in [-0.2, 0) is 9.47 Å². The molecule has 1 aromatic carbocycles. The van der Waals surface area contributed by atoms with E-state index in [-0.39, 0.29) is 24.0 Å². The van der Waals surface area contributed by atoms with Crippen molar-refractivity contribution in [3.63, 3.8) is 0 Å². The molecular formula is C15H19BrO4. The summed E-state index contributed by atoms with van der Waals surface area (Å²) in [7, 11) is 1.67. The molecule has 0 bridgehead atoms. The van der Waals surface area contributed by atoms with Gasteiger partial charge in [0.15, 0.2) is 0 Å². The maximum Gasteiger partial charge on any atom is 0.335 e. The SMILES string of the molecule is CO[C@@H]1[C@@H](c2ccccc2C(=O)O)[C@H](CBr)OC[C@@H]1C. The van der Waals surface area contributed by atoms with Crippen molar-refractivity contribution in [3.05, 3.63) is 35.4 Å². The largest absolute Gasteiger partial charge is 0.478 e. The van der Waals surface area contributed by atoms with Crippen molar-refractivity contribution in [1.82, 2.24) is 0 Å². The van der Waals surface area contributed by atoms with Crippen LogP contribution >= 0.6 is 15.9 Å². The summed E-state index contributed by atoms with van der Waals surface area (Å²) in [4.78, 5) is 11.4. The van der Waals surface area contributed by atoms with Crippen LogP contribution in [0.3, 0.4) is 0 Å². The molecule has 1 aliphatic rings. The molecule has 2 rings (SSSR count). The zero-order valence-electron chi connectivity index (χ0n) is 11.6. The highest BCUT2D eigenvalue weighted by Gasteiger charge is 2.40. The number of carboxylic acid groups (broad SMARTS) is 1. The summed E-state index contributed by atoms with van der Waals surface area (Å²) in [6.07, 6.45) is -0.136. The van der Waals surface area contributed by atoms with Crippen molar-refractivity contribution in [2.75, 3.05) is 19.0 Å². The summed E-state index contributed by atoms with van der Waals surface area (Å²) in [5.74, 6) is -0.778. The quantitative estimate of drug-likeness (QED) is 0.854. The first kappa shape index (κ1) is 15.5. The number of carboxylic acids is 1. The molecule has 0 saturated carbocycles. The van der Waals surface area contributed by atoms with Gasteiger partial charge in [-0.3, -0.25) is 0 Å². The molecule has 4 atom stereocenters. The average molecular weight is 343 g/mol. The molecule has 1 saturated heterocycles. The smallest absolute Gasteiger partial charge is 0.335 e. The van der Waals surface area contributed by atoms with Crippen LogP contribution in [0.4, 0.5) is 0 Å². The molecule has 0 unspecified atom stereocenters. The number of aromatic carboxylic acids is 1. The van der Waals surface area contributed by atoms with Gasteiger partial charge in [0.25, 0.3) is 0 Å². The number of hydrogen-bond donors (Lipinski definition) is 1. The van der Waals surface area contributed by atoms with Crippen LogP contribution in [0.1, 0.15) is 28.8 Å². The third-order valence-electron chi connectivity index (χ3n) is 3.86. The summed E-state index contributed by atoms with van der Waals surface area (Å²) in [5.41, 5.74) is 1.10. The van der Waals surface area contributed by atoms with Crippen molar-refractivity contribution in [3.8, 4) is 0 Å². The Hall–Kier alpha value is -0.910. The fraction of sp³-hybridized carbons (Fsp3) is 0.533. The van der Waals surface area contributed by atoms with Gasteiger partial charge in [-0.1, -0.05) is 41.1 Å². The van der Waals surface area contributed by atoms with E-state index in [1.165, 1.54) is 0 Å². The lowest BCUT2D eigenvalue weighted by molar-refractivity contribution is -0.101. The summed E-state index contributed by atoms with van der Waals surface area (Å²) in [5, 5.41) is 10.0. The highest BCUT2D eigenvalue weighted by molar-refractivity contribution is 9.09. The second kappa shape index (κ2) is 6.70. The Bertz CT molecular complexity index is 477. The van der Waals surface area contributed by atoms with Gasteiger partial charge < -0.3 is 14.6 Å². The summed E-state index contributed by atoms with van der Waals surface area (Å²) < 4.78 is 11.5. The van der Waals surface area contributed by atoms with E-state index in [0.717, 1.165) is 5.56 Å². The van der Waals surface area contributed by atoms with E-state index < -0.39 is 5.97 Å². The monoisotopic (exact) mass is 342 g/mol. The van der Waals surface area contributed by atoms with Gasteiger partial charge in [-0.05, 0) is 11.6 Å². The van der Waals surface area contributed by atoms with Gasteiger partial charge in [0, 0.05) is 24.3 Å². The summed E-state index contributed by atoms with van der Waals surface area (Å²) in [6, 6.07) is 7.09. The number of carbonyl (C=O) groups is 1. The topological polar surface area (TPSA) is 55.8 Å². The van der Waals surface area contributed by atoms with Crippen LogP contribution in [0, 0.1) is 5.92 Å². The number of alkyl halides is 1. The maximum atomic E-state index is 11.4. The van der Waals surface area contributed by atoms with Crippen LogP contribution in [0.15, 0.2) is 24.3 Å². The van der Waals surface area contributed by atoms with Gasteiger partial charge in [-0.15, -0.1) is 0 Å². The number of methoxy groups -OCH3 is 1. The first-order valence-corrected chi connectivity index (χ1v) is 7.74. The molecule has 1 aliphatic heterocycles. The minimum Gasteiger partial charge on any atom is -0.478 e. The fourth-order valence-electron chi connectivity index (χ4n) is 2.92. The van der Waals surface area contributed by atoms with E-state index in [1.54, 1.807) is 19.2 Å². The molecule has 20 heavy (non-hydrogen) atoms. The molecule has 1 aromatic rings. The van der Waals surface area contributed by atoms with E-state index in [2.05, 4.69) is 22.9 Å². The average Bonchev–Trinajstić information content (AvgIpc) is 2.46. The lowest BCUT2D eigenvalue weighted by atomic mass is 9.79.